The minimum atomic E-state index is -0.0298. The van der Waals surface area contributed by atoms with Crippen molar-refractivity contribution in [3.8, 4) is 0 Å². The molecule has 3 rings (SSSR count). The van der Waals surface area contributed by atoms with E-state index in [4.69, 9.17) is 17.3 Å². The number of amides is 1. The number of hydrogen-bond donors (Lipinski definition) is 2. The molecule has 2 atom stereocenters. The molecule has 0 unspecified atom stereocenters. The summed E-state index contributed by atoms with van der Waals surface area (Å²) in [6, 6.07) is 7.79. The molecule has 1 aromatic heterocycles. The molecule has 7 heteroatoms. The molecule has 0 spiro atoms. The van der Waals surface area contributed by atoms with Crippen molar-refractivity contribution >= 4 is 34.0 Å². The number of rotatable bonds is 5. The SMILES string of the molecule is N[C@@H]1CCC[C@H]1CC(=O)Nc1nnc(Cc2cccc(Cl)c2)s1. The van der Waals surface area contributed by atoms with E-state index in [2.05, 4.69) is 15.5 Å². The minimum Gasteiger partial charge on any atom is -0.327 e. The second kappa shape index (κ2) is 7.38. The number of nitrogens with two attached hydrogens (primary N) is 1. The van der Waals surface area contributed by atoms with Gasteiger partial charge in [-0.15, -0.1) is 10.2 Å². The van der Waals surface area contributed by atoms with E-state index in [1.807, 2.05) is 24.3 Å². The lowest BCUT2D eigenvalue weighted by molar-refractivity contribution is -0.117. The number of anilines is 1. The molecule has 0 bridgehead atoms. The second-order valence-corrected chi connectivity index (χ2v) is 7.41. The average molecular weight is 351 g/mol. The fraction of sp³-hybridized carbons (Fsp3) is 0.438. The Morgan fingerprint density at radius 1 is 1.39 bits per heavy atom. The summed E-state index contributed by atoms with van der Waals surface area (Å²) in [4.78, 5) is 12.1. The first-order valence-electron chi connectivity index (χ1n) is 7.72. The van der Waals surface area contributed by atoms with E-state index in [1.54, 1.807) is 0 Å². The number of carbonyl (C=O) groups is 1. The molecule has 1 amide bonds. The molecule has 0 radical (unpaired) electrons. The smallest absolute Gasteiger partial charge is 0.226 e. The van der Waals surface area contributed by atoms with E-state index < -0.39 is 0 Å². The Hall–Kier alpha value is -1.50. The fourth-order valence-electron chi connectivity index (χ4n) is 2.92. The minimum absolute atomic E-state index is 0.0298. The zero-order valence-electron chi connectivity index (χ0n) is 12.7. The molecular weight excluding hydrogens is 332 g/mol. The van der Waals surface area contributed by atoms with Crippen LogP contribution in [-0.4, -0.2) is 22.1 Å². The number of benzene rings is 1. The van der Waals surface area contributed by atoms with E-state index in [9.17, 15) is 4.79 Å². The van der Waals surface area contributed by atoms with Crippen molar-refractivity contribution in [2.45, 2.75) is 38.1 Å². The molecule has 1 fully saturated rings. The highest BCUT2D eigenvalue weighted by Gasteiger charge is 2.26. The maximum absolute atomic E-state index is 12.1. The maximum atomic E-state index is 12.1. The van der Waals surface area contributed by atoms with Crippen molar-refractivity contribution in [2.75, 3.05) is 5.32 Å². The lowest BCUT2D eigenvalue weighted by atomic mass is 10.00. The third kappa shape index (κ3) is 4.50. The van der Waals surface area contributed by atoms with Crippen molar-refractivity contribution in [2.24, 2.45) is 11.7 Å². The van der Waals surface area contributed by atoms with Crippen molar-refractivity contribution < 1.29 is 4.79 Å². The Labute approximate surface area is 144 Å². The van der Waals surface area contributed by atoms with Gasteiger partial charge in [0.25, 0.3) is 0 Å². The summed E-state index contributed by atoms with van der Waals surface area (Å²) in [5.41, 5.74) is 7.08. The maximum Gasteiger partial charge on any atom is 0.226 e. The summed E-state index contributed by atoms with van der Waals surface area (Å²) < 4.78 is 0. The highest BCUT2D eigenvalue weighted by Crippen LogP contribution is 2.27. The summed E-state index contributed by atoms with van der Waals surface area (Å²) in [6.45, 7) is 0. The first kappa shape index (κ1) is 16.4. The molecule has 122 valence electrons. The van der Waals surface area contributed by atoms with Crippen LogP contribution in [0.1, 0.15) is 36.3 Å². The summed E-state index contributed by atoms with van der Waals surface area (Å²) in [5.74, 6) is 0.256. The van der Waals surface area contributed by atoms with Gasteiger partial charge in [0, 0.05) is 23.9 Å². The Morgan fingerprint density at radius 3 is 3.00 bits per heavy atom. The summed E-state index contributed by atoms with van der Waals surface area (Å²) in [6.07, 6.45) is 4.28. The number of carbonyl (C=O) groups excluding carboxylic acids is 1. The van der Waals surface area contributed by atoms with Crippen LogP contribution in [0.5, 0.6) is 0 Å². The van der Waals surface area contributed by atoms with Crippen molar-refractivity contribution in [1.82, 2.24) is 10.2 Å². The molecule has 1 heterocycles. The topological polar surface area (TPSA) is 80.9 Å². The van der Waals surface area contributed by atoms with Gasteiger partial charge in [-0.1, -0.05) is 41.5 Å². The predicted molar refractivity (Wildman–Crippen MR) is 92.7 cm³/mol. The Balaban J connectivity index is 1.55. The fourth-order valence-corrected chi connectivity index (χ4v) is 3.93. The first-order valence-corrected chi connectivity index (χ1v) is 8.92. The lowest BCUT2D eigenvalue weighted by Gasteiger charge is -2.13. The average Bonchev–Trinajstić information content (AvgIpc) is 3.09. The molecule has 1 aliphatic rings. The predicted octanol–water partition coefficient (Wildman–Crippen LogP) is 3.24. The highest BCUT2D eigenvalue weighted by atomic mass is 35.5. The van der Waals surface area contributed by atoms with E-state index >= 15 is 0 Å². The zero-order chi connectivity index (χ0) is 16.2. The van der Waals surface area contributed by atoms with Gasteiger partial charge < -0.3 is 11.1 Å². The van der Waals surface area contributed by atoms with Crippen LogP contribution in [0.2, 0.25) is 5.02 Å². The lowest BCUT2D eigenvalue weighted by Crippen LogP contribution is -2.28. The molecule has 1 saturated carbocycles. The normalized spacial score (nSPS) is 20.6. The monoisotopic (exact) mass is 350 g/mol. The third-order valence-electron chi connectivity index (χ3n) is 4.12. The Morgan fingerprint density at radius 2 is 2.26 bits per heavy atom. The van der Waals surface area contributed by atoms with Crippen LogP contribution >= 0.6 is 22.9 Å². The van der Waals surface area contributed by atoms with Gasteiger partial charge >= 0.3 is 0 Å². The van der Waals surface area contributed by atoms with Crippen molar-refractivity contribution in [3.63, 3.8) is 0 Å². The molecular formula is C16H19ClN4OS. The largest absolute Gasteiger partial charge is 0.327 e. The number of hydrogen-bond acceptors (Lipinski definition) is 5. The van der Waals surface area contributed by atoms with Crippen LogP contribution in [0.3, 0.4) is 0 Å². The zero-order valence-corrected chi connectivity index (χ0v) is 14.2. The van der Waals surface area contributed by atoms with Crippen LogP contribution in [0, 0.1) is 5.92 Å². The van der Waals surface area contributed by atoms with E-state index in [0.717, 1.165) is 29.8 Å². The Bertz CT molecular complexity index is 690. The number of halogens is 1. The van der Waals surface area contributed by atoms with Gasteiger partial charge in [-0.3, -0.25) is 4.79 Å². The van der Waals surface area contributed by atoms with Crippen LogP contribution in [0.25, 0.3) is 0 Å². The van der Waals surface area contributed by atoms with Gasteiger partial charge in [-0.2, -0.15) is 0 Å². The molecule has 1 aromatic carbocycles. The number of nitrogens with zero attached hydrogens (tertiary/aromatic N) is 2. The second-order valence-electron chi connectivity index (χ2n) is 5.91. The molecule has 5 nitrogen and oxygen atoms in total. The summed E-state index contributed by atoms with van der Waals surface area (Å²) in [5, 5.41) is 13.1. The Kier molecular flexibility index (Phi) is 5.25. The summed E-state index contributed by atoms with van der Waals surface area (Å²) >= 11 is 7.37. The van der Waals surface area contributed by atoms with Gasteiger partial charge in [0.2, 0.25) is 11.0 Å². The standard InChI is InChI=1S/C16H19ClN4OS/c17-12-5-1-3-10(7-12)8-15-20-21-16(23-15)19-14(22)9-11-4-2-6-13(11)18/h1,3,5,7,11,13H,2,4,6,8-9,18H2,(H,19,21,22)/t11-,13+/m0/s1. The highest BCUT2D eigenvalue weighted by molar-refractivity contribution is 7.15. The molecule has 0 aliphatic heterocycles. The van der Waals surface area contributed by atoms with Crippen LogP contribution in [0.4, 0.5) is 5.13 Å². The number of nitrogens with one attached hydrogen (secondary N) is 1. The molecule has 2 aromatic rings. The van der Waals surface area contributed by atoms with Crippen LogP contribution < -0.4 is 11.1 Å². The third-order valence-corrected chi connectivity index (χ3v) is 5.20. The van der Waals surface area contributed by atoms with E-state index in [1.165, 1.54) is 11.3 Å². The van der Waals surface area contributed by atoms with E-state index in [-0.39, 0.29) is 17.9 Å². The van der Waals surface area contributed by atoms with Gasteiger partial charge in [0.05, 0.1) is 0 Å². The molecule has 23 heavy (non-hydrogen) atoms. The molecule has 1 aliphatic carbocycles. The van der Waals surface area contributed by atoms with Gasteiger partial charge in [0.1, 0.15) is 5.01 Å². The molecule has 3 N–H and O–H groups in total. The van der Waals surface area contributed by atoms with Crippen LogP contribution in [-0.2, 0) is 11.2 Å². The van der Waals surface area contributed by atoms with Crippen molar-refractivity contribution in [3.05, 3.63) is 39.9 Å². The molecule has 0 saturated heterocycles. The number of aromatic nitrogens is 2. The first-order chi connectivity index (χ1) is 11.1. The van der Waals surface area contributed by atoms with Gasteiger partial charge in [-0.05, 0) is 36.5 Å². The summed E-state index contributed by atoms with van der Waals surface area (Å²) in [7, 11) is 0. The van der Waals surface area contributed by atoms with Crippen LogP contribution in [0.15, 0.2) is 24.3 Å². The van der Waals surface area contributed by atoms with Gasteiger partial charge in [-0.25, -0.2) is 0 Å². The van der Waals surface area contributed by atoms with Crippen molar-refractivity contribution in [1.29, 1.82) is 0 Å². The quantitative estimate of drug-likeness (QED) is 0.867. The van der Waals surface area contributed by atoms with E-state index in [0.29, 0.717) is 23.0 Å². The van der Waals surface area contributed by atoms with Gasteiger partial charge in [0.15, 0.2) is 0 Å².